The van der Waals surface area contributed by atoms with Crippen LogP contribution in [0.3, 0.4) is 0 Å². The molecule has 0 aliphatic carbocycles. The molecule has 2 aromatic carbocycles. The summed E-state index contributed by atoms with van der Waals surface area (Å²) in [6.45, 7) is 0.303. The molecule has 0 unspecified atom stereocenters. The van der Waals surface area contributed by atoms with E-state index >= 15 is 0 Å². The SMILES string of the molecule is COc1cccc(CNC(=O)Nc2ccc(-c3cn[nH]c3)cc2F)c1.O=C(O)C(F)(F)F. The Morgan fingerprint density at radius 3 is 2.44 bits per heavy atom. The van der Waals surface area contributed by atoms with Crippen LogP contribution in [0.2, 0.25) is 0 Å². The van der Waals surface area contributed by atoms with Gasteiger partial charge in [-0.2, -0.15) is 18.3 Å². The van der Waals surface area contributed by atoms with Gasteiger partial charge in [0.15, 0.2) is 0 Å². The summed E-state index contributed by atoms with van der Waals surface area (Å²) in [5, 5.41) is 18.8. The first-order chi connectivity index (χ1) is 15.1. The first-order valence-electron chi connectivity index (χ1n) is 8.86. The van der Waals surface area contributed by atoms with Gasteiger partial charge in [-0.25, -0.2) is 14.0 Å². The number of aromatic amines is 1. The summed E-state index contributed by atoms with van der Waals surface area (Å²) in [6, 6.07) is 11.4. The molecule has 32 heavy (non-hydrogen) atoms. The third kappa shape index (κ3) is 7.31. The minimum absolute atomic E-state index is 0.107. The number of aromatic nitrogens is 2. The third-order valence-electron chi connectivity index (χ3n) is 3.88. The highest BCUT2D eigenvalue weighted by atomic mass is 19.4. The molecule has 0 atom stereocenters. The average Bonchev–Trinajstić information content (AvgIpc) is 3.28. The van der Waals surface area contributed by atoms with Crippen molar-refractivity contribution in [3.8, 4) is 16.9 Å². The van der Waals surface area contributed by atoms with Crippen molar-refractivity contribution >= 4 is 17.7 Å². The van der Waals surface area contributed by atoms with Crippen LogP contribution in [0.25, 0.3) is 11.1 Å². The number of halogens is 4. The van der Waals surface area contributed by atoms with Crippen LogP contribution in [0.15, 0.2) is 54.9 Å². The summed E-state index contributed by atoms with van der Waals surface area (Å²) < 4.78 is 51.0. The zero-order valence-electron chi connectivity index (χ0n) is 16.5. The monoisotopic (exact) mass is 454 g/mol. The van der Waals surface area contributed by atoms with Crippen LogP contribution in [-0.4, -0.2) is 40.6 Å². The minimum atomic E-state index is -5.08. The van der Waals surface area contributed by atoms with Crippen molar-refractivity contribution in [3.05, 3.63) is 66.2 Å². The number of carboxylic acid groups (broad SMARTS) is 1. The molecule has 1 aromatic heterocycles. The topological polar surface area (TPSA) is 116 Å². The molecule has 0 spiro atoms. The van der Waals surface area contributed by atoms with E-state index in [4.69, 9.17) is 14.6 Å². The first-order valence-corrected chi connectivity index (χ1v) is 8.86. The number of carboxylic acids is 1. The normalized spacial score (nSPS) is 10.5. The van der Waals surface area contributed by atoms with Gasteiger partial charge in [0.25, 0.3) is 0 Å². The fourth-order valence-corrected chi connectivity index (χ4v) is 2.34. The molecule has 3 rings (SSSR count). The Morgan fingerprint density at radius 2 is 1.88 bits per heavy atom. The van der Waals surface area contributed by atoms with Gasteiger partial charge in [0.05, 0.1) is 19.0 Å². The number of alkyl halides is 3. The van der Waals surface area contributed by atoms with Gasteiger partial charge in [-0.1, -0.05) is 18.2 Å². The molecule has 4 N–H and O–H groups in total. The molecule has 0 bridgehead atoms. The van der Waals surface area contributed by atoms with Crippen molar-refractivity contribution in [1.29, 1.82) is 0 Å². The smallest absolute Gasteiger partial charge is 0.490 e. The average molecular weight is 454 g/mol. The number of methoxy groups -OCH3 is 1. The molecule has 3 aromatic rings. The van der Waals surface area contributed by atoms with E-state index in [0.717, 1.165) is 11.1 Å². The lowest BCUT2D eigenvalue weighted by Gasteiger charge is -2.10. The van der Waals surface area contributed by atoms with Crippen LogP contribution in [0, 0.1) is 5.82 Å². The predicted molar refractivity (Wildman–Crippen MR) is 107 cm³/mol. The van der Waals surface area contributed by atoms with Crippen LogP contribution in [0.5, 0.6) is 5.75 Å². The van der Waals surface area contributed by atoms with E-state index in [9.17, 15) is 22.4 Å². The Hall–Kier alpha value is -4.09. The second-order valence-corrected chi connectivity index (χ2v) is 6.14. The van der Waals surface area contributed by atoms with Gasteiger partial charge in [0.1, 0.15) is 11.6 Å². The molecule has 12 heteroatoms. The van der Waals surface area contributed by atoms with E-state index in [-0.39, 0.29) is 5.69 Å². The molecule has 2 amide bonds. The van der Waals surface area contributed by atoms with Crippen molar-refractivity contribution in [1.82, 2.24) is 15.5 Å². The quantitative estimate of drug-likeness (QED) is 0.432. The maximum atomic E-state index is 14.2. The lowest BCUT2D eigenvalue weighted by Crippen LogP contribution is -2.28. The zero-order valence-corrected chi connectivity index (χ0v) is 16.5. The Bertz CT molecular complexity index is 1060. The number of hydrogen-bond acceptors (Lipinski definition) is 4. The summed E-state index contributed by atoms with van der Waals surface area (Å²) in [5.41, 5.74) is 2.43. The van der Waals surface area contributed by atoms with E-state index in [1.807, 2.05) is 24.3 Å². The number of rotatable bonds is 5. The summed E-state index contributed by atoms with van der Waals surface area (Å²) in [6.07, 6.45) is -1.81. The molecule has 0 saturated carbocycles. The standard InChI is InChI=1S/C18H17FN4O2.C2HF3O2/c1-25-15-4-2-3-12(7-15)9-20-18(24)23-17-6-5-13(8-16(17)19)14-10-21-22-11-14;3-2(4,5)1(6)7/h2-8,10-11H,9H2,1H3,(H,21,22)(H2,20,23,24);(H,6,7). The Labute approximate surface area is 179 Å². The van der Waals surface area contributed by atoms with Crippen LogP contribution in [0.4, 0.5) is 28.0 Å². The molecule has 0 aliphatic rings. The third-order valence-corrected chi connectivity index (χ3v) is 3.88. The Morgan fingerprint density at radius 1 is 1.16 bits per heavy atom. The van der Waals surface area contributed by atoms with Crippen molar-refractivity contribution < 1.29 is 37.0 Å². The van der Waals surface area contributed by atoms with Gasteiger partial charge in [-0.3, -0.25) is 5.10 Å². The molecule has 1 heterocycles. The zero-order chi connectivity index (χ0) is 23.7. The van der Waals surface area contributed by atoms with Crippen molar-refractivity contribution in [2.24, 2.45) is 0 Å². The maximum Gasteiger partial charge on any atom is 0.490 e. The molecule has 0 radical (unpaired) electrons. The number of ether oxygens (including phenoxy) is 1. The first kappa shape index (κ1) is 24.2. The Balaban J connectivity index is 0.000000451. The number of hydrogen-bond donors (Lipinski definition) is 4. The fourth-order valence-electron chi connectivity index (χ4n) is 2.34. The van der Waals surface area contributed by atoms with Crippen LogP contribution in [-0.2, 0) is 11.3 Å². The fraction of sp³-hybridized carbons (Fsp3) is 0.150. The second kappa shape index (κ2) is 10.8. The van der Waals surface area contributed by atoms with Gasteiger partial charge in [-0.05, 0) is 35.4 Å². The summed E-state index contributed by atoms with van der Waals surface area (Å²) in [7, 11) is 1.58. The number of H-pyrrole nitrogens is 1. The van der Waals surface area contributed by atoms with Gasteiger partial charge in [-0.15, -0.1) is 0 Å². The molecule has 0 saturated heterocycles. The number of benzene rings is 2. The number of urea groups is 1. The van der Waals surface area contributed by atoms with Crippen molar-refractivity contribution in [2.45, 2.75) is 12.7 Å². The molecule has 0 aliphatic heterocycles. The largest absolute Gasteiger partial charge is 0.497 e. The van der Waals surface area contributed by atoms with Gasteiger partial charge >= 0.3 is 18.2 Å². The van der Waals surface area contributed by atoms with E-state index in [2.05, 4.69) is 20.8 Å². The Kier molecular flexibility index (Phi) is 8.16. The molecule has 0 fully saturated rings. The lowest BCUT2D eigenvalue weighted by atomic mass is 10.1. The van der Waals surface area contributed by atoms with Crippen LogP contribution >= 0.6 is 0 Å². The van der Waals surface area contributed by atoms with Crippen LogP contribution in [0.1, 0.15) is 5.56 Å². The van der Waals surface area contributed by atoms with E-state index < -0.39 is 24.0 Å². The lowest BCUT2D eigenvalue weighted by molar-refractivity contribution is -0.192. The highest BCUT2D eigenvalue weighted by Gasteiger charge is 2.38. The van der Waals surface area contributed by atoms with Crippen molar-refractivity contribution in [2.75, 3.05) is 12.4 Å². The van der Waals surface area contributed by atoms with E-state index in [1.54, 1.807) is 25.6 Å². The van der Waals surface area contributed by atoms with Gasteiger partial charge < -0.3 is 20.5 Å². The maximum absolute atomic E-state index is 14.2. The highest BCUT2D eigenvalue weighted by molar-refractivity contribution is 5.89. The van der Waals surface area contributed by atoms with Gasteiger partial charge in [0, 0.05) is 18.3 Å². The number of nitrogens with zero attached hydrogens (tertiary/aromatic N) is 1. The number of carbonyl (C=O) groups excluding carboxylic acids is 1. The van der Waals surface area contributed by atoms with Crippen molar-refractivity contribution in [3.63, 3.8) is 0 Å². The molecule has 170 valence electrons. The minimum Gasteiger partial charge on any atom is -0.497 e. The number of amides is 2. The van der Waals surface area contributed by atoms with E-state index in [0.29, 0.717) is 17.9 Å². The summed E-state index contributed by atoms with van der Waals surface area (Å²) in [5.74, 6) is -2.57. The number of anilines is 1. The van der Waals surface area contributed by atoms with Gasteiger partial charge in [0.2, 0.25) is 0 Å². The number of nitrogens with one attached hydrogen (secondary N) is 3. The predicted octanol–water partition coefficient (Wildman–Crippen LogP) is 4.18. The summed E-state index contributed by atoms with van der Waals surface area (Å²) in [4.78, 5) is 20.9. The summed E-state index contributed by atoms with van der Waals surface area (Å²) >= 11 is 0. The van der Waals surface area contributed by atoms with Crippen LogP contribution < -0.4 is 15.4 Å². The molecular formula is C20H18F4N4O4. The van der Waals surface area contributed by atoms with E-state index in [1.165, 1.54) is 12.1 Å². The molecular weight excluding hydrogens is 436 g/mol. The second-order valence-electron chi connectivity index (χ2n) is 6.14. The highest BCUT2D eigenvalue weighted by Crippen LogP contribution is 2.23. The number of aliphatic carboxylic acids is 1. The number of carbonyl (C=O) groups is 2. The molecule has 8 nitrogen and oxygen atoms in total.